The smallest absolute Gasteiger partial charge is 0.177 e. The average Bonchev–Trinajstić information content (AvgIpc) is 2.82. The summed E-state index contributed by atoms with van der Waals surface area (Å²) in [5.74, 6) is 0.948. The van der Waals surface area contributed by atoms with Crippen molar-refractivity contribution in [3.8, 4) is 0 Å². The van der Waals surface area contributed by atoms with E-state index in [-0.39, 0.29) is 0 Å². The van der Waals surface area contributed by atoms with Gasteiger partial charge in [-0.1, -0.05) is 18.2 Å². The lowest BCUT2D eigenvalue weighted by atomic mass is 10.3. The first-order valence-corrected chi connectivity index (χ1v) is 6.89. The Balaban J connectivity index is 1.65. The molecule has 96 valence electrons. The summed E-state index contributed by atoms with van der Waals surface area (Å²) >= 11 is 3.40. The minimum atomic E-state index is 0.762. The predicted octanol–water partition coefficient (Wildman–Crippen LogP) is 3.38. The number of aromatic amines is 1. The molecule has 0 aliphatic rings. The largest absolute Gasteiger partial charge is 0.385 e. The van der Waals surface area contributed by atoms with Crippen molar-refractivity contribution in [2.45, 2.75) is 6.42 Å². The van der Waals surface area contributed by atoms with Gasteiger partial charge >= 0.3 is 0 Å². The van der Waals surface area contributed by atoms with Gasteiger partial charge in [-0.25, -0.2) is 9.97 Å². The molecule has 5 heteroatoms. The van der Waals surface area contributed by atoms with Crippen LogP contribution in [0.4, 0.5) is 5.69 Å². The van der Waals surface area contributed by atoms with Gasteiger partial charge in [0.2, 0.25) is 0 Å². The number of H-pyrrole nitrogens is 1. The summed E-state index contributed by atoms with van der Waals surface area (Å²) in [6.45, 7) is 0.838. The van der Waals surface area contributed by atoms with Gasteiger partial charge in [-0.15, -0.1) is 0 Å². The monoisotopic (exact) mass is 316 g/mol. The quantitative estimate of drug-likeness (QED) is 0.776. The molecule has 0 fully saturated rings. The van der Waals surface area contributed by atoms with Crippen molar-refractivity contribution in [3.63, 3.8) is 0 Å². The Morgan fingerprint density at radius 2 is 2.05 bits per heavy atom. The summed E-state index contributed by atoms with van der Waals surface area (Å²) < 4.78 is 0.956. The molecule has 0 unspecified atom stereocenters. The summed E-state index contributed by atoms with van der Waals surface area (Å²) in [6, 6.07) is 12.1. The maximum Gasteiger partial charge on any atom is 0.177 e. The normalized spacial score (nSPS) is 10.8. The van der Waals surface area contributed by atoms with Gasteiger partial charge in [-0.3, -0.25) is 0 Å². The standard InChI is InChI=1S/C14H13BrN4/c15-10-8-12-14(17-9-10)19-13(18-12)6-7-16-11-4-2-1-3-5-11/h1-5,8-9,16H,6-7H2,(H,17,18,19). The molecule has 3 rings (SSSR count). The van der Waals surface area contributed by atoms with Crippen LogP contribution in [0.15, 0.2) is 47.1 Å². The van der Waals surface area contributed by atoms with Crippen LogP contribution in [0, 0.1) is 0 Å². The van der Waals surface area contributed by atoms with E-state index in [0.29, 0.717) is 0 Å². The van der Waals surface area contributed by atoms with Crippen LogP contribution in [0.2, 0.25) is 0 Å². The molecule has 0 saturated carbocycles. The number of anilines is 1. The summed E-state index contributed by atoms with van der Waals surface area (Å²) in [4.78, 5) is 12.0. The van der Waals surface area contributed by atoms with Crippen LogP contribution in [0.3, 0.4) is 0 Å². The average molecular weight is 317 g/mol. The number of hydrogen-bond donors (Lipinski definition) is 2. The highest BCUT2D eigenvalue weighted by Gasteiger charge is 2.04. The van der Waals surface area contributed by atoms with Gasteiger partial charge in [-0.2, -0.15) is 0 Å². The first-order valence-electron chi connectivity index (χ1n) is 6.10. The second-order valence-corrected chi connectivity index (χ2v) is 5.17. The topological polar surface area (TPSA) is 53.6 Å². The van der Waals surface area contributed by atoms with Crippen molar-refractivity contribution in [1.29, 1.82) is 0 Å². The van der Waals surface area contributed by atoms with E-state index >= 15 is 0 Å². The van der Waals surface area contributed by atoms with Crippen LogP contribution in [-0.2, 0) is 6.42 Å². The fourth-order valence-electron chi connectivity index (χ4n) is 1.92. The Kier molecular flexibility index (Phi) is 3.46. The molecule has 0 aliphatic heterocycles. The minimum Gasteiger partial charge on any atom is -0.385 e. The Morgan fingerprint density at radius 1 is 1.21 bits per heavy atom. The second kappa shape index (κ2) is 5.40. The van der Waals surface area contributed by atoms with Gasteiger partial charge in [-0.05, 0) is 34.1 Å². The second-order valence-electron chi connectivity index (χ2n) is 4.25. The summed E-state index contributed by atoms with van der Waals surface area (Å²) in [5.41, 5.74) is 2.85. The molecule has 1 aromatic carbocycles. The van der Waals surface area contributed by atoms with Crippen molar-refractivity contribution in [1.82, 2.24) is 15.0 Å². The fraction of sp³-hybridized carbons (Fsp3) is 0.143. The maximum absolute atomic E-state index is 4.46. The maximum atomic E-state index is 4.46. The molecule has 19 heavy (non-hydrogen) atoms. The van der Waals surface area contributed by atoms with E-state index < -0.39 is 0 Å². The van der Waals surface area contributed by atoms with E-state index in [1.165, 1.54) is 0 Å². The number of para-hydroxylation sites is 1. The molecular formula is C14H13BrN4. The molecule has 0 atom stereocenters. The number of nitrogens with one attached hydrogen (secondary N) is 2. The highest BCUT2D eigenvalue weighted by atomic mass is 79.9. The number of benzene rings is 1. The molecule has 3 aromatic rings. The van der Waals surface area contributed by atoms with E-state index in [0.717, 1.165) is 40.1 Å². The Labute approximate surface area is 119 Å². The van der Waals surface area contributed by atoms with Crippen LogP contribution < -0.4 is 5.32 Å². The van der Waals surface area contributed by atoms with Crippen LogP contribution in [0.1, 0.15) is 5.82 Å². The van der Waals surface area contributed by atoms with Gasteiger partial charge in [0.15, 0.2) is 5.65 Å². The molecule has 0 bridgehead atoms. The first-order chi connectivity index (χ1) is 9.31. The predicted molar refractivity (Wildman–Crippen MR) is 80.2 cm³/mol. The molecule has 0 radical (unpaired) electrons. The number of aromatic nitrogens is 3. The minimum absolute atomic E-state index is 0.762. The van der Waals surface area contributed by atoms with Crippen molar-refractivity contribution in [2.24, 2.45) is 0 Å². The molecular weight excluding hydrogens is 304 g/mol. The third kappa shape index (κ3) is 2.93. The summed E-state index contributed by atoms with van der Waals surface area (Å²) in [7, 11) is 0. The molecule has 0 saturated heterocycles. The molecule has 2 heterocycles. The zero-order valence-corrected chi connectivity index (χ0v) is 11.8. The third-order valence-electron chi connectivity index (χ3n) is 2.82. The van der Waals surface area contributed by atoms with Crippen molar-refractivity contribution in [3.05, 3.63) is 52.9 Å². The van der Waals surface area contributed by atoms with Gasteiger partial charge < -0.3 is 10.3 Å². The van der Waals surface area contributed by atoms with Gasteiger partial charge in [0.1, 0.15) is 5.82 Å². The lowest BCUT2D eigenvalue weighted by Crippen LogP contribution is -2.05. The molecule has 2 N–H and O–H groups in total. The number of nitrogens with zero attached hydrogens (tertiary/aromatic N) is 2. The van der Waals surface area contributed by atoms with Crippen LogP contribution in [-0.4, -0.2) is 21.5 Å². The lowest BCUT2D eigenvalue weighted by Gasteiger charge is -2.03. The summed E-state index contributed by atoms with van der Waals surface area (Å²) in [6.07, 6.45) is 2.60. The highest BCUT2D eigenvalue weighted by molar-refractivity contribution is 9.10. The van der Waals surface area contributed by atoms with E-state index in [2.05, 4.69) is 48.3 Å². The number of halogens is 1. The van der Waals surface area contributed by atoms with Crippen molar-refractivity contribution in [2.75, 3.05) is 11.9 Å². The van der Waals surface area contributed by atoms with E-state index in [1.54, 1.807) is 6.20 Å². The van der Waals surface area contributed by atoms with E-state index in [9.17, 15) is 0 Å². The molecule has 0 amide bonds. The van der Waals surface area contributed by atoms with E-state index in [1.807, 2.05) is 24.3 Å². The number of pyridine rings is 1. The lowest BCUT2D eigenvalue weighted by molar-refractivity contribution is 0.933. The van der Waals surface area contributed by atoms with Crippen LogP contribution in [0.5, 0.6) is 0 Å². The zero-order chi connectivity index (χ0) is 13.1. The summed E-state index contributed by atoms with van der Waals surface area (Å²) in [5, 5.41) is 3.36. The molecule has 4 nitrogen and oxygen atoms in total. The Bertz CT molecular complexity index is 678. The van der Waals surface area contributed by atoms with Gasteiger partial charge in [0.05, 0.1) is 5.52 Å². The Morgan fingerprint density at radius 3 is 2.89 bits per heavy atom. The third-order valence-corrected chi connectivity index (χ3v) is 3.25. The zero-order valence-electron chi connectivity index (χ0n) is 10.2. The SMILES string of the molecule is Brc1cnc2nc(CCNc3ccccc3)[nH]c2c1. The number of hydrogen-bond acceptors (Lipinski definition) is 3. The van der Waals surface area contributed by atoms with E-state index in [4.69, 9.17) is 0 Å². The molecule has 0 aliphatic carbocycles. The number of rotatable bonds is 4. The molecule has 2 aromatic heterocycles. The van der Waals surface area contributed by atoms with Crippen molar-refractivity contribution >= 4 is 32.8 Å². The molecule has 0 spiro atoms. The van der Waals surface area contributed by atoms with Gasteiger partial charge in [0, 0.05) is 29.3 Å². The van der Waals surface area contributed by atoms with Gasteiger partial charge in [0.25, 0.3) is 0 Å². The first kappa shape index (κ1) is 12.2. The van der Waals surface area contributed by atoms with Crippen LogP contribution in [0.25, 0.3) is 11.2 Å². The Hall–Kier alpha value is -1.88. The highest BCUT2D eigenvalue weighted by Crippen LogP contribution is 2.15. The number of imidazole rings is 1. The van der Waals surface area contributed by atoms with Crippen molar-refractivity contribution < 1.29 is 0 Å². The van der Waals surface area contributed by atoms with Crippen LogP contribution >= 0.6 is 15.9 Å². The number of fused-ring (bicyclic) bond motifs is 1. The fourth-order valence-corrected chi connectivity index (χ4v) is 2.26.